The molecule has 47 heavy (non-hydrogen) atoms. The molecule has 4 aromatic rings. The van der Waals surface area contributed by atoms with Gasteiger partial charge in [0, 0.05) is 30.3 Å². The number of terminal acetylenes is 1. The first-order valence-electron chi connectivity index (χ1n) is 15.7. The molecule has 3 saturated heterocycles. The number of aromatic hydroxyl groups is 1. The Labute approximate surface area is 268 Å². The topological polar surface area (TPSA) is 105 Å². The van der Waals surface area contributed by atoms with Crippen molar-refractivity contribution in [1.29, 1.82) is 0 Å². The van der Waals surface area contributed by atoms with Crippen LogP contribution in [-0.2, 0) is 4.84 Å². The van der Waals surface area contributed by atoms with Crippen LogP contribution in [0.4, 0.5) is 19.0 Å². The van der Waals surface area contributed by atoms with Crippen molar-refractivity contribution in [2.24, 2.45) is 5.16 Å². The molecule has 0 unspecified atom stereocenters. The highest BCUT2D eigenvalue weighted by Crippen LogP contribution is 2.45. The number of hydrogen-bond acceptors (Lipinski definition) is 9. The highest BCUT2D eigenvalue weighted by Gasteiger charge is 2.49. The monoisotopic (exact) mass is 644 g/mol. The van der Waals surface area contributed by atoms with E-state index in [1.165, 1.54) is 31.4 Å². The maximum atomic E-state index is 17.0. The van der Waals surface area contributed by atoms with Gasteiger partial charge in [0.15, 0.2) is 11.6 Å². The molecule has 4 aliphatic rings. The van der Waals surface area contributed by atoms with Gasteiger partial charge in [-0.25, -0.2) is 18.2 Å². The summed E-state index contributed by atoms with van der Waals surface area (Å²) in [6.45, 7) is 1.43. The molecule has 0 radical (unpaired) electrons. The molecule has 0 aliphatic carbocycles. The summed E-state index contributed by atoms with van der Waals surface area (Å²) in [7, 11) is 1.45. The molecular weight excluding hydrogens is 613 g/mol. The van der Waals surface area contributed by atoms with Gasteiger partial charge in [0.05, 0.1) is 17.1 Å². The third kappa shape index (κ3) is 4.68. The summed E-state index contributed by atoms with van der Waals surface area (Å²) in [5, 5.41) is 15.7. The Kier molecular flexibility index (Phi) is 7.02. The number of nitrogens with zero attached hydrogens (tertiary/aromatic N) is 6. The molecule has 2 aromatic heterocycles. The van der Waals surface area contributed by atoms with Crippen LogP contribution in [0.1, 0.15) is 44.1 Å². The predicted octanol–water partition coefficient (Wildman–Crippen LogP) is 5.48. The number of ether oxygens (including phenoxy) is 2. The predicted molar refractivity (Wildman–Crippen MR) is 168 cm³/mol. The lowest BCUT2D eigenvalue weighted by atomic mass is 9.95. The van der Waals surface area contributed by atoms with Gasteiger partial charge < -0.3 is 24.3 Å². The Morgan fingerprint density at radius 2 is 2.06 bits per heavy atom. The number of piperidine rings is 1. The summed E-state index contributed by atoms with van der Waals surface area (Å²) in [5.74, 6) is 1.56. The SMILES string of the molecule is C#Cc1c(F)ccc2cc(O)cc(-c3nc4c5c(nc(OC[C@@]67CCCN6C[C@H](F)C7)nc5c3F)N3/C(=N/OC)CCC[C@H]3CO4)c12. The van der Waals surface area contributed by atoms with Crippen LogP contribution in [0.2, 0.25) is 0 Å². The van der Waals surface area contributed by atoms with Crippen molar-refractivity contribution in [3.63, 3.8) is 0 Å². The number of phenolic OH excluding ortho intramolecular Hbond substituents is 1. The number of pyridine rings is 1. The number of alkyl halides is 1. The molecule has 0 amide bonds. The average molecular weight is 645 g/mol. The van der Waals surface area contributed by atoms with E-state index in [9.17, 15) is 13.9 Å². The van der Waals surface area contributed by atoms with E-state index in [0.717, 1.165) is 32.2 Å². The van der Waals surface area contributed by atoms with Gasteiger partial charge in [0.2, 0.25) is 5.88 Å². The van der Waals surface area contributed by atoms with E-state index in [4.69, 9.17) is 25.7 Å². The zero-order valence-corrected chi connectivity index (χ0v) is 25.6. The van der Waals surface area contributed by atoms with E-state index in [1.54, 1.807) is 0 Å². The van der Waals surface area contributed by atoms with Crippen LogP contribution in [0.15, 0.2) is 29.4 Å². The van der Waals surface area contributed by atoms with Crippen LogP contribution in [0.3, 0.4) is 0 Å². The van der Waals surface area contributed by atoms with E-state index < -0.39 is 23.3 Å². The van der Waals surface area contributed by atoms with Gasteiger partial charge in [-0.1, -0.05) is 17.1 Å². The number of hydrogen-bond donors (Lipinski definition) is 1. The third-order valence-electron chi connectivity index (χ3n) is 9.81. The van der Waals surface area contributed by atoms with Crippen LogP contribution in [0.5, 0.6) is 17.6 Å². The van der Waals surface area contributed by atoms with Gasteiger partial charge in [-0.05, 0) is 55.8 Å². The second-order valence-electron chi connectivity index (χ2n) is 12.6. The lowest BCUT2D eigenvalue weighted by Crippen LogP contribution is -2.47. The summed E-state index contributed by atoms with van der Waals surface area (Å²) in [6, 6.07) is 5.02. The Morgan fingerprint density at radius 1 is 1.19 bits per heavy atom. The van der Waals surface area contributed by atoms with Crippen LogP contribution in [0, 0.1) is 24.0 Å². The molecule has 13 heteroatoms. The zero-order chi connectivity index (χ0) is 32.4. The normalized spacial score (nSPS) is 24.6. The Morgan fingerprint density at radius 3 is 2.89 bits per heavy atom. The van der Waals surface area contributed by atoms with Gasteiger partial charge in [-0.2, -0.15) is 9.97 Å². The fraction of sp³-hybridized carbons (Fsp3) is 0.412. The molecule has 8 rings (SSSR count). The second kappa shape index (κ2) is 11.2. The standard InChI is InChI=1S/C34H31F3N6O4/c1-3-22-24(36)9-8-18-12-21(44)13-23(26(18)22)29-28(37)30-27-31(43-20(16-46-32(27)38-29)6-4-7-25(43)41-45-2)40-33(39-30)47-17-34-10-5-11-42(34)15-19(35)14-34/h1,8-9,12-13,19-20,44H,4-7,10-11,14-17H2,2H3/b41-25+/t19-,20+,34+/m1/s1. The minimum atomic E-state index is -0.955. The molecule has 6 heterocycles. The van der Waals surface area contributed by atoms with Crippen molar-refractivity contribution < 1.29 is 32.6 Å². The molecule has 242 valence electrons. The van der Waals surface area contributed by atoms with E-state index in [1.807, 2.05) is 4.90 Å². The van der Waals surface area contributed by atoms with Gasteiger partial charge >= 0.3 is 6.01 Å². The van der Waals surface area contributed by atoms with E-state index >= 15 is 4.39 Å². The summed E-state index contributed by atoms with van der Waals surface area (Å²) < 4.78 is 59.0. The van der Waals surface area contributed by atoms with E-state index in [-0.39, 0.29) is 70.0 Å². The molecule has 3 fully saturated rings. The fourth-order valence-corrected chi connectivity index (χ4v) is 7.80. The highest BCUT2D eigenvalue weighted by atomic mass is 19.1. The first-order valence-corrected chi connectivity index (χ1v) is 15.7. The van der Waals surface area contributed by atoms with E-state index in [2.05, 4.69) is 25.9 Å². The quantitative estimate of drug-likeness (QED) is 0.224. The number of phenols is 1. The maximum absolute atomic E-state index is 17.0. The van der Waals surface area contributed by atoms with Gasteiger partial charge in [0.25, 0.3) is 0 Å². The number of anilines is 1. The van der Waals surface area contributed by atoms with Gasteiger partial charge in [-0.3, -0.25) is 4.90 Å². The van der Waals surface area contributed by atoms with Gasteiger partial charge in [-0.15, -0.1) is 6.42 Å². The zero-order valence-electron chi connectivity index (χ0n) is 25.6. The minimum Gasteiger partial charge on any atom is -0.508 e. The van der Waals surface area contributed by atoms with Crippen molar-refractivity contribution in [3.05, 3.63) is 41.5 Å². The largest absolute Gasteiger partial charge is 0.508 e. The van der Waals surface area contributed by atoms with Crippen molar-refractivity contribution in [1.82, 2.24) is 19.9 Å². The van der Waals surface area contributed by atoms with E-state index in [0.29, 0.717) is 36.4 Å². The van der Waals surface area contributed by atoms with Crippen LogP contribution >= 0.6 is 0 Å². The lowest BCUT2D eigenvalue weighted by molar-refractivity contribution is 0.107. The van der Waals surface area contributed by atoms with Crippen molar-refractivity contribution >= 4 is 33.3 Å². The molecule has 3 atom stereocenters. The molecule has 1 N–H and O–H groups in total. The number of amidine groups is 1. The number of fused-ring (bicyclic) bond motifs is 4. The van der Waals surface area contributed by atoms with Crippen molar-refractivity contribution in [2.45, 2.75) is 56.3 Å². The fourth-order valence-electron chi connectivity index (χ4n) is 7.80. The first kappa shape index (κ1) is 29.6. The smallest absolute Gasteiger partial charge is 0.319 e. The summed E-state index contributed by atoms with van der Waals surface area (Å²) in [5.41, 5.74) is -0.918. The average Bonchev–Trinajstić information content (AvgIpc) is 3.53. The van der Waals surface area contributed by atoms with Crippen LogP contribution in [0.25, 0.3) is 32.9 Å². The van der Waals surface area contributed by atoms with Gasteiger partial charge in [0.1, 0.15) is 60.5 Å². The molecule has 0 spiro atoms. The third-order valence-corrected chi connectivity index (χ3v) is 9.81. The molecule has 2 aromatic carbocycles. The number of oxime groups is 1. The Hall–Kier alpha value is -4.83. The Bertz CT molecular complexity index is 2020. The molecular formula is C34H31F3N6O4. The minimum absolute atomic E-state index is 0.0518. The second-order valence-corrected chi connectivity index (χ2v) is 12.6. The number of benzene rings is 2. The lowest BCUT2D eigenvalue weighted by Gasteiger charge is -2.35. The van der Waals surface area contributed by atoms with Crippen molar-refractivity contribution in [2.75, 3.05) is 38.3 Å². The Balaban J connectivity index is 1.36. The molecule has 0 saturated carbocycles. The number of halogens is 3. The summed E-state index contributed by atoms with van der Waals surface area (Å²) in [4.78, 5) is 23.1. The highest BCUT2D eigenvalue weighted by molar-refractivity contribution is 6.08. The first-order chi connectivity index (χ1) is 22.8. The van der Waals surface area contributed by atoms with Crippen LogP contribution in [-0.4, -0.2) is 82.0 Å². The molecule has 4 aliphatic heterocycles. The maximum Gasteiger partial charge on any atom is 0.319 e. The number of rotatable bonds is 5. The molecule has 10 nitrogen and oxygen atoms in total. The summed E-state index contributed by atoms with van der Waals surface area (Å²) >= 11 is 0. The van der Waals surface area contributed by atoms with Crippen LogP contribution < -0.4 is 14.4 Å². The summed E-state index contributed by atoms with van der Waals surface area (Å²) in [6.07, 6.45) is 8.91. The van der Waals surface area contributed by atoms with Crippen molar-refractivity contribution in [3.8, 4) is 41.2 Å². The number of aromatic nitrogens is 3. The molecule has 0 bridgehead atoms.